The summed E-state index contributed by atoms with van der Waals surface area (Å²) in [5.74, 6) is -0.653. The summed E-state index contributed by atoms with van der Waals surface area (Å²) in [5.41, 5.74) is -0.733. The Bertz CT molecular complexity index is 801. The molecule has 1 saturated heterocycles. The number of hydrogen-bond acceptors (Lipinski definition) is 5. The molecule has 0 bridgehead atoms. The summed E-state index contributed by atoms with van der Waals surface area (Å²) in [5, 5.41) is 10.1. The zero-order valence-corrected chi connectivity index (χ0v) is 17.2. The highest BCUT2D eigenvalue weighted by Crippen LogP contribution is 2.36. The van der Waals surface area contributed by atoms with Crippen molar-refractivity contribution in [1.82, 2.24) is 4.90 Å². The summed E-state index contributed by atoms with van der Waals surface area (Å²) in [7, 11) is -3.99. The molecule has 1 aliphatic rings. The molecule has 0 aliphatic carbocycles. The van der Waals surface area contributed by atoms with Crippen molar-refractivity contribution in [2.45, 2.75) is 74.8 Å². The van der Waals surface area contributed by atoms with Crippen molar-refractivity contribution in [3.05, 3.63) is 30.1 Å². The molecule has 0 aromatic heterocycles. The minimum absolute atomic E-state index is 0.0980. The zero-order chi connectivity index (χ0) is 20.6. The van der Waals surface area contributed by atoms with Crippen molar-refractivity contribution in [1.29, 1.82) is 0 Å². The molecule has 0 saturated carbocycles. The lowest BCUT2D eigenvalue weighted by atomic mass is 9.90. The van der Waals surface area contributed by atoms with E-state index in [4.69, 9.17) is 4.74 Å². The first kappa shape index (κ1) is 21.6. The number of carbonyl (C=O) groups excluding carboxylic acids is 1. The summed E-state index contributed by atoms with van der Waals surface area (Å²) in [6, 6.07) is 3.98. The van der Waals surface area contributed by atoms with Crippen LogP contribution >= 0.6 is 0 Å². The van der Waals surface area contributed by atoms with E-state index < -0.39 is 44.2 Å². The van der Waals surface area contributed by atoms with E-state index in [1.54, 1.807) is 20.8 Å². The van der Waals surface area contributed by atoms with Gasteiger partial charge in [-0.2, -0.15) is 0 Å². The van der Waals surface area contributed by atoms with Crippen LogP contribution < -0.4 is 0 Å². The highest BCUT2D eigenvalue weighted by molar-refractivity contribution is 7.92. The number of ether oxygens (including phenoxy) is 1. The Kier molecular flexibility index (Phi) is 5.92. The first-order valence-electron chi connectivity index (χ1n) is 8.93. The number of piperidine rings is 1. The number of hydrogen-bond donors (Lipinski definition) is 1. The van der Waals surface area contributed by atoms with Gasteiger partial charge in [-0.25, -0.2) is 17.6 Å². The van der Waals surface area contributed by atoms with Gasteiger partial charge in [0.05, 0.1) is 21.8 Å². The standard InChI is InChI=1S/C19H28FNO5S/c1-18(2,3)26-17(23)21-10-9-14(22)12-16(21)19(4,5)27(24,25)15-8-6-7-13(20)11-15/h6-8,11,14,16,22H,9-10,12H2,1-5H3. The Balaban J connectivity index is 2.43. The first-order valence-corrected chi connectivity index (χ1v) is 10.4. The number of nitrogens with zero attached hydrogens (tertiary/aromatic N) is 1. The molecule has 8 heteroatoms. The van der Waals surface area contributed by atoms with Crippen molar-refractivity contribution in [3.8, 4) is 0 Å². The van der Waals surface area contributed by atoms with Gasteiger partial charge >= 0.3 is 6.09 Å². The molecule has 1 amide bonds. The number of sulfone groups is 1. The fourth-order valence-corrected chi connectivity index (χ4v) is 4.98. The third-order valence-corrected chi connectivity index (χ3v) is 7.34. The second-order valence-electron chi connectivity index (χ2n) is 8.43. The summed E-state index contributed by atoms with van der Waals surface area (Å²) in [4.78, 5) is 13.9. The summed E-state index contributed by atoms with van der Waals surface area (Å²) in [6.07, 6.45) is -0.912. The van der Waals surface area contributed by atoms with Crippen molar-refractivity contribution in [2.75, 3.05) is 6.54 Å². The number of rotatable bonds is 3. The maximum atomic E-state index is 13.6. The van der Waals surface area contributed by atoms with Crippen molar-refractivity contribution in [2.24, 2.45) is 0 Å². The molecule has 6 nitrogen and oxygen atoms in total. The van der Waals surface area contributed by atoms with Gasteiger partial charge in [-0.15, -0.1) is 0 Å². The smallest absolute Gasteiger partial charge is 0.410 e. The predicted octanol–water partition coefficient (Wildman–Crippen LogP) is 3.14. The van der Waals surface area contributed by atoms with Gasteiger partial charge in [0.25, 0.3) is 0 Å². The molecule has 27 heavy (non-hydrogen) atoms. The highest BCUT2D eigenvalue weighted by Gasteiger charge is 2.49. The van der Waals surface area contributed by atoms with Crippen LogP contribution in [0.3, 0.4) is 0 Å². The third-order valence-electron chi connectivity index (χ3n) is 4.80. The molecule has 0 spiro atoms. The lowest BCUT2D eigenvalue weighted by Crippen LogP contribution is -2.60. The maximum Gasteiger partial charge on any atom is 0.410 e. The largest absolute Gasteiger partial charge is 0.444 e. The van der Waals surface area contributed by atoms with E-state index in [1.807, 2.05) is 0 Å². The number of benzene rings is 1. The number of aliphatic hydroxyl groups is 1. The Morgan fingerprint density at radius 3 is 2.44 bits per heavy atom. The molecule has 1 N–H and O–H groups in total. The van der Waals surface area contributed by atoms with Gasteiger partial charge in [-0.3, -0.25) is 0 Å². The molecular weight excluding hydrogens is 373 g/mol. The Morgan fingerprint density at radius 1 is 1.26 bits per heavy atom. The fraction of sp³-hybridized carbons (Fsp3) is 0.632. The van der Waals surface area contributed by atoms with E-state index in [2.05, 4.69) is 0 Å². The average molecular weight is 402 g/mol. The van der Waals surface area contributed by atoms with Crippen LogP contribution in [0.25, 0.3) is 0 Å². The highest BCUT2D eigenvalue weighted by atomic mass is 32.2. The monoisotopic (exact) mass is 401 g/mol. The van der Waals surface area contributed by atoms with Crippen LogP contribution in [0.4, 0.5) is 9.18 Å². The molecule has 152 valence electrons. The molecule has 1 aromatic carbocycles. The van der Waals surface area contributed by atoms with E-state index in [0.29, 0.717) is 6.42 Å². The molecule has 1 aliphatic heterocycles. The first-order chi connectivity index (χ1) is 12.3. The maximum absolute atomic E-state index is 13.6. The normalized spacial score (nSPS) is 21.8. The fourth-order valence-electron chi connectivity index (χ4n) is 3.26. The van der Waals surface area contributed by atoms with Gasteiger partial charge < -0.3 is 14.7 Å². The molecule has 2 unspecified atom stereocenters. The Labute approximate surface area is 160 Å². The lowest BCUT2D eigenvalue weighted by Gasteiger charge is -2.45. The molecule has 1 aromatic rings. The zero-order valence-electron chi connectivity index (χ0n) is 16.4. The van der Waals surface area contributed by atoms with Crippen LogP contribution in [0, 0.1) is 5.82 Å². The molecular formula is C19H28FNO5S. The molecule has 0 radical (unpaired) electrons. The van der Waals surface area contributed by atoms with Crippen LogP contribution in [0.5, 0.6) is 0 Å². The van der Waals surface area contributed by atoms with E-state index in [0.717, 1.165) is 6.07 Å². The van der Waals surface area contributed by atoms with Crippen LogP contribution in [0.2, 0.25) is 0 Å². The van der Waals surface area contributed by atoms with Gasteiger partial charge in [-0.1, -0.05) is 6.07 Å². The molecule has 1 fully saturated rings. The van der Waals surface area contributed by atoms with E-state index in [-0.39, 0.29) is 17.9 Å². The van der Waals surface area contributed by atoms with Crippen LogP contribution in [-0.2, 0) is 14.6 Å². The summed E-state index contributed by atoms with van der Waals surface area (Å²) < 4.78 is 44.0. The molecule has 2 rings (SSSR count). The second kappa shape index (κ2) is 7.39. The van der Waals surface area contributed by atoms with Gasteiger partial charge in [-0.05, 0) is 65.7 Å². The van der Waals surface area contributed by atoms with Gasteiger partial charge in [0.1, 0.15) is 11.4 Å². The van der Waals surface area contributed by atoms with Crippen molar-refractivity contribution in [3.63, 3.8) is 0 Å². The number of likely N-dealkylation sites (tertiary alicyclic amines) is 1. The van der Waals surface area contributed by atoms with Crippen molar-refractivity contribution < 1.29 is 27.4 Å². The molecule has 2 atom stereocenters. The average Bonchev–Trinajstić information content (AvgIpc) is 2.52. The second-order valence-corrected chi connectivity index (χ2v) is 11.0. The van der Waals surface area contributed by atoms with Crippen LogP contribution in [-0.4, -0.2) is 53.6 Å². The van der Waals surface area contributed by atoms with Crippen LogP contribution in [0.15, 0.2) is 29.2 Å². The summed E-state index contributed by atoms with van der Waals surface area (Å²) >= 11 is 0. The Morgan fingerprint density at radius 2 is 1.89 bits per heavy atom. The van der Waals surface area contributed by atoms with Gasteiger partial charge in [0.15, 0.2) is 9.84 Å². The number of amides is 1. The third kappa shape index (κ3) is 4.60. The minimum Gasteiger partial charge on any atom is -0.444 e. The van der Waals surface area contributed by atoms with Crippen molar-refractivity contribution >= 4 is 15.9 Å². The van der Waals surface area contributed by atoms with E-state index >= 15 is 0 Å². The van der Waals surface area contributed by atoms with Gasteiger partial charge in [0.2, 0.25) is 0 Å². The van der Waals surface area contributed by atoms with Gasteiger partial charge in [0, 0.05) is 6.54 Å². The quantitative estimate of drug-likeness (QED) is 0.841. The number of halogens is 1. The minimum atomic E-state index is -3.99. The number of carbonyl (C=O) groups is 1. The predicted molar refractivity (Wildman–Crippen MR) is 99.6 cm³/mol. The van der Waals surface area contributed by atoms with E-state index in [9.17, 15) is 22.7 Å². The molecule has 1 heterocycles. The summed E-state index contributed by atoms with van der Waals surface area (Å²) in [6.45, 7) is 8.36. The van der Waals surface area contributed by atoms with Crippen LogP contribution in [0.1, 0.15) is 47.5 Å². The Hall–Kier alpha value is -1.67. The topological polar surface area (TPSA) is 83.9 Å². The SMILES string of the molecule is CC(C)(C)OC(=O)N1CCC(O)CC1C(C)(C)S(=O)(=O)c1cccc(F)c1. The lowest BCUT2D eigenvalue weighted by molar-refractivity contribution is -0.0137. The number of aliphatic hydroxyl groups excluding tert-OH is 1. The van der Waals surface area contributed by atoms with E-state index in [1.165, 1.54) is 36.9 Å².